The van der Waals surface area contributed by atoms with Gasteiger partial charge in [-0.2, -0.15) is 0 Å². The average molecular weight is 354 g/mol. The first-order chi connectivity index (χ1) is 12.0. The molecule has 0 saturated carbocycles. The van der Waals surface area contributed by atoms with E-state index in [4.69, 9.17) is 4.74 Å². The fourth-order valence-corrected chi connectivity index (χ4v) is 2.69. The van der Waals surface area contributed by atoms with Gasteiger partial charge in [0.2, 0.25) is 0 Å². The van der Waals surface area contributed by atoms with Gasteiger partial charge in [-0.05, 0) is 47.1 Å². The Morgan fingerprint density at radius 3 is 2.08 bits per heavy atom. The van der Waals surface area contributed by atoms with Gasteiger partial charge in [0.1, 0.15) is 5.75 Å². The molecule has 0 heterocycles. The topological polar surface area (TPSA) is 38.3 Å². The third-order valence-corrected chi connectivity index (χ3v) is 4.35. The summed E-state index contributed by atoms with van der Waals surface area (Å²) in [5.74, 6) is 0.609. The van der Waals surface area contributed by atoms with E-state index in [2.05, 4.69) is 59.0 Å². The van der Waals surface area contributed by atoms with Gasteiger partial charge in [0.25, 0.3) is 5.91 Å². The number of benzene rings is 2. The minimum absolute atomic E-state index is 0.00811. The van der Waals surface area contributed by atoms with Crippen LogP contribution in [0.1, 0.15) is 58.2 Å². The number of anilines is 1. The van der Waals surface area contributed by atoms with E-state index in [-0.39, 0.29) is 23.3 Å². The Labute approximate surface area is 157 Å². The Balaban J connectivity index is 2.13. The molecule has 2 aromatic rings. The summed E-state index contributed by atoms with van der Waals surface area (Å²) in [4.78, 5) is 12.2. The number of carbonyl (C=O) groups excluding carboxylic acids is 1. The van der Waals surface area contributed by atoms with E-state index >= 15 is 0 Å². The number of carbonyl (C=O) groups is 1. The molecule has 1 N–H and O–H groups in total. The fraction of sp³-hybridized carbons (Fsp3) is 0.435. The normalized spacial score (nSPS) is 12.0. The van der Waals surface area contributed by atoms with Crippen LogP contribution in [0.2, 0.25) is 0 Å². The maximum absolute atomic E-state index is 12.2. The smallest absolute Gasteiger partial charge is 0.262 e. The molecule has 0 saturated heterocycles. The number of ether oxygens (including phenoxy) is 1. The maximum atomic E-state index is 12.2. The van der Waals surface area contributed by atoms with E-state index in [1.54, 1.807) is 0 Å². The maximum Gasteiger partial charge on any atom is 0.262 e. The number of hydrogen-bond donors (Lipinski definition) is 1. The van der Waals surface area contributed by atoms with E-state index in [9.17, 15) is 4.79 Å². The number of aryl methyl sites for hydroxylation is 1. The molecular weight excluding hydrogens is 322 g/mol. The third-order valence-electron chi connectivity index (χ3n) is 4.35. The molecule has 0 fully saturated rings. The van der Waals surface area contributed by atoms with Gasteiger partial charge in [0, 0.05) is 5.69 Å². The van der Waals surface area contributed by atoms with Crippen molar-refractivity contribution in [2.45, 2.75) is 59.3 Å². The van der Waals surface area contributed by atoms with Crippen LogP contribution in [-0.4, -0.2) is 12.5 Å². The van der Waals surface area contributed by atoms with Crippen molar-refractivity contribution in [3.05, 3.63) is 59.2 Å². The Kier molecular flexibility index (Phi) is 5.80. The molecule has 0 aromatic heterocycles. The molecule has 2 rings (SSSR count). The molecule has 0 bridgehead atoms. The molecule has 3 heteroatoms. The predicted octanol–water partition coefficient (Wildman–Crippen LogP) is 5.61. The molecule has 0 aliphatic heterocycles. The zero-order valence-corrected chi connectivity index (χ0v) is 17.1. The predicted molar refractivity (Wildman–Crippen MR) is 109 cm³/mol. The highest BCUT2D eigenvalue weighted by atomic mass is 16.5. The van der Waals surface area contributed by atoms with Crippen LogP contribution in [0.3, 0.4) is 0 Å². The van der Waals surface area contributed by atoms with Crippen molar-refractivity contribution < 1.29 is 9.53 Å². The van der Waals surface area contributed by atoms with Gasteiger partial charge in [-0.15, -0.1) is 0 Å². The average Bonchev–Trinajstić information content (AvgIpc) is 2.53. The monoisotopic (exact) mass is 353 g/mol. The van der Waals surface area contributed by atoms with E-state index in [1.807, 2.05) is 37.3 Å². The van der Waals surface area contributed by atoms with Gasteiger partial charge in [0.05, 0.1) is 0 Å². The molecule has 0 unspecified atom stereocenters. The number of rotatable bonds is 4. The highest BCUT2D eigenvalue weighted by Gasteiger charge is 2.23. The van der Waals surface area contributed by atoms with Crippen LogP contribution in [0.4, 0.5) is 5.69 Å². The van der Waals surface area contributed by atoms with Gasteiger partial charge in [0.15, 0.2) is 6.61 Å². The number of nitrogens with one attached hydrogen (secondary N) is 1. The van der Waals surface area contributed by atoms with Crippen LogP contribution in [-0.2, 0) is 15.6 Å². The van der Waals surface area contributed by atoms with Crippen molar-refractivity contribution in [2.24, 2.45) is 0 Å². The second-order valence-corrected chi connectivity index (χ2v) is 8.91. The van der Waals surface area contributed by atoms with Crippen LogP contribution in [0.5, 0.6) is 5.75 Å². The summed E-state index contributed by atoms with van der Waals surface area (Å²) in [6.07, 6.45) is 0. The molecule has 1 amide bonds. The van der Waals surface area contributed by atoms with Crippen LogP contribution < -0.4 is 10.1 Å². The molecule has 140 valence electrons. The van der Waals surface area contributed by atoms with Crippen LogP contribution in [0.15, 0.2) is 42.5 Å². The van der Waals surface area contributed by atoms with Crippen molar-refractivity contribution in [1.82, 2.24) is 0 Å². The molecule has 0 radical (unpaired) electrons. The molecule has 26 heavy (non-hydrogen) atoms. The van der Waals surface area contributed by atoms with Crippen molar-refractivity contribution in [2.75, 3.05) is 11.9 Å². The van der Waals surface area contributed by atoms with Crippen LogP contribution in [0, 0.1) is 6.92 Å². The van der Waals surface area contributed by atoms with Crippen LogP contribution in [0.25, 0.3) is 0 Å². The first kappa shape index (κ1) is 20.0. The Hall–Kier alpha value is -2.29. The minimum atomic E-state index is -0.159. The zero-order valence-electron chi connectivity index (χ0n) is 17.1. The lowest BCUT2D eigenvalue weighted by molar-refractivity contribution is -0.118. The SMILES string of the molecule is Cc1ccc(NC(=O)COc2ccc(C(C)(C)C)cc2C(C)(C)C)cc1. The summed E-state index contributed by atoms with van der Waals surface area (Å²) < 4.78 is 5.88. The first-order valence-electron chi connectivity index (χ1n) is 9.11. The lowest BCUT2D eigenvalue weighted by Crippen LogP contribution is -2.22. The summed E-state index contributed by atoms with van der Waals surface area (Å²) in [6.45, 7) is 15.1. The Bertz CT molecular complexity index is 762. The van der Waals surface area contributed by atoms with Gasteiger partial charge in [-0.3, -0.25) is 4.79 Å². The molecule has 0 atom stereocenters. The molecule has 3 nitrogen and oxygen atoms in total. The second kappa shape index (κ2) is 7.53. The van der Waals surface area contributed by atoms with Gasteiger partial charge in [-0.25, -0.2) is 0 Å². The molecule has 0 spiro atoms. The van der Waals surface area contributed by atoms with Gasteiger partial charge < -0.3 is 10.1 Å². The summed E-state index contributed by atoms with van der Waals surface area (Å²) in [5.41, 5.74) is 4.33. The Morgan fingerprint density at radius 2 is 1.54 bits per heavy atom. The van der Waals surface area contributed by atoms with Crippen molar-refractivity contribution in [1.29, 1.82) is 0 Å². The second-order valence-electron chi connectivity index (χ2n) is 8.91. The highest BCUT2D eigenvalue weighted by Crippen LogP contribution is 2.35. The van der Waals surface area contributed by atoms with E-state index < -0.39 is 0 Å². The van der Waals surface area contributed by atoms with Gasteiger partial charge in [-0.1, -0.05) is 71.4 Å². The van der Waals surface area contributed by atoms with Gasteiger partial charge >= 0.3 is 0 Å². The molecule has 2 aromatic carbocycles. The zero-order chi connectivity index (χ0) is 19.5. The highest BCUT2D eigenvalue weighted by molar-refractivity contribution is 5.91. The lowest BCUT2D eigenvalue weighted by atomic mass is 9.80. The largest absolute Gasteiger partial charge is 0.483 e. The van der Waals surface area contributed by atoms with E-state index in [1.165, 1.54) is 5.56 Å². The summed E-state index contributed by atoms with van der Waals surface area (Å²) >= 11 is 0. The Morgan fingerprint density at radius 1 is 0.923 bits per heavy atom. The van der Waals surface area contributed by atoms with E-state index in [0.29, 0.717) is 0 Å². The standard InChI is InChI=1S/C23H31NO2/c1-16-8-11-18(12-9-16)24-21(25)15-26-20-13-10-17(22(2,3)4)14-19(20)23(5,6)7/h8-14H,15H2,1-7H3,(H,24,25). The van der Waals surface area contributed by atoms with Crippen molar-refractivity contribution >= 4 is 11.6 Å². The molecule has 0 aliphatic carbocycles. The lowest BCUT2D eigenvalue weighted by Gasteiger charge is -2.27. The number of hydrogen-bond acceptors (Lipinski definition) is 2. The summed E-state index contributed by atoms with van der Waals surface area (Å²) in [6, 6.07) is 14.0. The summed E-state index contributed by atoms with van der Waals surface area (Å²) in [7, 11) is 0. The van der Waals surface area contributed by atoms with Crippen LogP contribution >= 0.6 is 0 Å². The van der Waals surface area contributed by atoms with Crippen molar-refractivity contribution in [3.63, 3.8) is 0 Å². The fourth-order valence-electron chi connectivity index (χ4n) is 2.69. The van der Waals surface area contributed by atoms with E-state index in [0.717, 1.165) is 22.6 Å². The molecule has 0 aliphatic rings. The number of amides is 1. The molecular formula is C23H31NO2. The van der Waals surface area contributed by atoms with Crippen molar-refractivity contribution in [3.8, 4) is 5.75 Å². The quantitative estimate of drug-likeness (QED) is 0.776. The first-order valence-corrected chi connectivity index (χ1v) is 9.11. The minimum Gasteiger partial charge on any atom is -0.483 e. The third kappa shape index (κ3) is 5.35. The summed E-state index contributed by atoms with van der Waals surface area (Å²) in [5, 5.41) is 2.87.